The molecule has 0 bridgehead atoms. The molecular formula is C13H23NO3. The van der Waals surface area contributed by atoms with Gasteiger partial charge in [-0.2, -0.15) is 0 Å². The molecule has 1 rings (SSSR count). The first-order chi connectivity index (χ1) is 8.08. The summed E-state index contributed by atoms with van der Waals surface area (Å²) >= 11 is 0. The monoisotopic (exact) mass is 241 g/mol. The number of carbonyl (C=O) groups is 2. The molecule has 1 saturated carbocycles. The number of aliphatic carboxylic acids is 1. The lowest BCUT2D eigenvalue weighted by Gasteiger charge is -2.12. The van der Waals surface area contributed by atoms with Crippen LogP contribution in [-0.4, -0.2) is 23.0 Å². The second-order valence-electron chi connectivity index (χ2n) is 5.11. The lowest BCUT2D eigenvalue weighted by Crippen LogP contribution is -2.34. The highest BCUT2D eigenvalue weighted by Gasteiger charge is 2.15. The third kappa shape index (κ3) is 6.29. The first-order valence-corrected chi connectivity index (χ1v) is 6.59. The molecule has 17 heavy (non-hydrogen) atoms. The van der Waals surface area contributed by atoms with Crippen molar-refractivity contribution in [2.75, 3.05) is 0 Å². The molecular weight excluding hydrogens is 218 g/mol. The van der Waals surface area contributed by atoms with Crippen molar-refractivity contribution in [1.82, 2.24) is 5.32 Å². The molecule has 0 aromatic heterocycles. The van der Waals surface area contributed by atoms with Crippen LogP contribution in [0, 0.1) is 5.92 Å². The molecule has 1 aliphatic carbocycles. The summed E-state index contributed by atoms with van der Waals surface area (Å²) in [5, 5.41) is 11.3. The lowest BCUT2D eigenvalue weighted by atomic mass is 10.0. The van der Waals surface area contributed by atoms with Crippen molar-refractivity contribution in [3.8, 4) is 0 Å². The molecule has 2 N–H and O–H groups in total. The van der Waals surface area contributed by atoms with Gasteiger partial charge in [0.05, 0.1) is 6.42 Å². The highest BCUT2D eigenvalue weighted by Crippen LogP contribution is 2.28. The van der Waals surface area contributed by atoms with Crippen LogP contribution in [0.5, 0.6) is 0 Å². The Bertz CT molecular complexity index is 259. The van der Waals surface area contributed by atoms with Gasteiger partial charge in [-0.1, -0.05) is 25.7 Å². The highest BCUT2D eigenvalue weighted by molar-refractivity contribution is 5.77. The van der Waals surface area contributed by atoms with Crippen LogP contribution in [0.1, 0.15) is 58.3 Å². The summed E-state index contributed by atoms with van der Waals surface area (Å²) in [6.45, 7) is 1.73. The van der Waals surface area contributed by atoms with E-state index in [1.807, 2.05) is 0 Å². The Labute approximate surface area is 103 Å². The molecule has 0 aliphatic heterocycles. The molecule has 0 radical (unpaired) electrons. The number of rotatable bonds is 7. The van der Waals surface area contributed by atoms with Crippen LogP contribution in [0.25, 0.3) is 0 Å². The lowest BCUT2D eigenvalue weighted by molar-refractivity contribution is -0.137. The van der Waals surface area contributed by atoms with Gasteiger partial charge in [0.2, 0.25) is 5.91 Å². The van der Waals surface area contributed by atoms with E-state index in [-0.39, 0.29) is 18.4 Å². The predicted molar refractivity (Wildman–Crippen MR) is 65.7 cm³/mol. The fourth-order valence-electron chi connectivity index (χ4n) is 2.51. The van der Waals surface area contributed by atoms with E-state index in [9.17, 15) is 9.59 Å². The fourth-order valence-corrected chi connectivity index (χ4v) is 2.51. The van der Waals surface area contributed by atoms with Crippen molar-refractivity contribution >= 4 is 11.9 Å². The average molecular weight is 241 g/mol. The third-order valence-electron chi connectivity index (χ3n) is 3.38. The molecule has 4 heteroatoms. The van der Waals surface area contributed by atoms with Gasteiger partial charge in [0.15, 0.2) is 0 Å². The van der Waals surface area contributed by atoms with Gasteiger partial charge in [-0.05, 0) is 25.7 Å². The molecule has 1 amide bonds. The number of carboxylic acid groups (broad SMARTS) is 1. The zero-order valence-electron chi connectivity index (χ0n) is 10.6. The Morgan fingerprint density at radius 2 is 2.00 bits per heavy atom. The van der Waals surface area contributed by atoms with E-state index >= 15 is 0 Å². The van der Waals surface area contributed by atoms with Crippen molar-refractivity contribution in [3.63, 3.8) is 0 Å². The largest absolute Gasteiger partial charge is 0.481 e. The first-order valence-electron chi connectivity index (χ1n) is 6.59. The molecule has 98 valence electrons. The molecule has 4 nitrogen and oxygen atoms in total. The van der Waals surface area contributed by atoms with Crippen LogP contribution in [-0.2, 0) is 9.59 Å². The molecule has 1 atom stereocenters. The summed E-state index contributed by atoms with van der Waals surface area (Å²) in [5.74, 6) is -0.0697. The van der Waals surface area contributed by atoms with Crippen LogP contribution in [0.4, 0.5) is 0 Å². The van der Waals surface area contributed by atoms with Gasteiger partial charge in [0.25, 0.3) is 0 Å². The Kier molecular flexibility index (Phi) is 6.01. The Balaban J connectivity index is 2.05. The topological polar surface area (TPSA) is 66.4 Å². The van der Waals surface area contributed by atoms with Gasteiger partial charge in [-0.25, -0.2) is 0 Å². The number of amides is 1. The van der Waals surface area contributed by atoms with E-state index in [0.717, 1.165) is 18.8 Å². The predicted octanol–water partition coefficient (Wildman–Crippen LogP) is 2.33. The number of carbonyl (C=O) groups excluding carboxylic acids is 1. The summed E-state index contributed by atoms with van der Waals surface area (Å²) in [5.41, 5.74) is 0. The van der Waals surface area contributed by atoms with Gasteiger partial charge in [-0.15, -0.1) is 0 Å². The van der Waals surface area contributed by atoms with Crippen molar-refractivity contribution in [3.05, 3.63) is 0 Å². The average Bonchev–Trinajstić information content (AvgIpc) is 2.68. The Morgan fingerprint density at radius 1 is 1.35 bits per heavy atom. The van der Waals surface area contributed by atoms with Crippen molar-refractivity contribution < 1.29 is 14.7 Å². The number of hydrogen-bond acceptors (Lipinski definition) is 2. The highest BCUT2D eigenvalue weighted by atomic mass is 16.4. The van der Waals surface area contributed by atoms with E-state index in [1.54, 1.807) is 6.92 Å². The first kappa shape index (κ1) is 14.0. The van der Waals surface area contributed by atoms with Crippen LogP contribution in [0.15, 0.2) is 0 Å². The maximum atomic E-state index is 11.5. The summed E-state index contributed by atoms with van der Waals surface area (Å²) in [4.78, 5) is 21.9. The number of nitrogens with one attached hydrogen (secondary N) is 1. The van der Waals surface area contributed by atoms with Crippen molar-refractivity contribution in [2.24, 2.45) is 5.92 Å². The van der Waals surface area contributed by atoms with Gasteiger partial charge in [-0.3, -0.25) is 9.59 Å². The maximum absolute atomic E-state index is 11.5. The fraction of sp³-hybridized carbons (Fsp3) is 0.846. The van der Waals surface area contributed by atoms with Gasteiger partial charge < -0.3 is 10.4 Å². The van der Waals surface area contributed by atoms with E-state index in [0.29, 0.717) is 6.42 Å². The maximum Gasteiger partial charge on any atom is 0.305 e. The molecule has 0 saturated heterocycles. The minimum absolute atomic E-state index is 0.00559. The molecule has 0 aromatic rings. The molecule has 0 spiro atoms. The normalized spacial score (nSPS) is 17.9. The summed E-state index contributed by atoms with van der Waals surface area (Å²) < 4.78 is 0. The van der Waals surface area contributed by atoms with Crippen LogP contribution < -0.4 is 5.32 Å². The minimum Gasteiger partial charge on any atom is -0.481 e. The van der Waals surface area contributed by atoms with Crippen LogP contribution in [0.2, 0.25) is 0 Å². The van der Waals surface area contributed by atoms with Crippen molar-refractivity contribution in [2.45, 2.75) is 64.3 Å². The van der Waals surface area contributed by atoms with E-state index in [1.165, 1.54) is 25.7 Å². The van der Waals surface area contributed by atoms with Gasteiger partial charge in [0, 0.05) is 12.5 Å². The molecule has 1 aliphatic rings. The van der Waals surface area contributed by atoms with Gasteiger partial charge >= 0.3 is 5.97 Å². The minimum atomic E-state index is -0.872. The van der Waals surface area contributed by atoms with E-state index in [2.05, 4.69) is 5.32 Å². The third-order valence-corrected chi connectivity index (χ3v) is 3.38. The molecule has 1 fully saturated rings. The van der Waals surface area contributed by atoms with E-state index < -0.39 is 5.97 Å². The zero-order valence-corrected chi connectivity index (χ0v) is 10.6. The summed E-state index contributed by atoms with van der Waals surface area (Å²) in [6.07, 6.45) is 7.90. The SMILES string of the molecule is CC(CC(=O)O)NC(=O)CCCC1CCCC1. The number of hydrogen-bond donors (Lipinski definition) is 2. The molecule has 0 aromatic carbocycles. The summed E-state index contributed by atoms with van der Waals surface area (Å²) in [6, 6.07) is -0.272. The smallest absolute Gasteiger partial charge is 0.305 e. The Morgan fingerprint density at radius 3 is 2.59 bits per heavy atom. The quantitative estimate of drug-likeness (QED) is 0.719. The van der Waals surface area contributed by atoms with E-state index in [4.69, 9.17) is 5.11 Å². The van der Waals surface area contributed by atoms with Crippen LogP contribution in [0.3, 0.4) is 0 Å². The number of carboxylic acids is 1. The molecule has 1 unspecified atom stereocenters. The second kappa shape index (κ2) is 7.30. The van der Waals surface area contributed by atoms with Crippen LogP contribution >= 0.6 is 0 Å². The van der Waals surface area contributed by atoms with Gasteiger partial charge in [0.1, 0.15) is 0 Å². The second-order valence-corrected chi connectivity index (χ2v) is 5.11. The van der Waals surface area contributed by atoms with Crippen molar-refractivity contribution in [1.29, 1.82) is 0 Å². The summed E-state index contributed by atoms with van der Waals surface area (Å²) in [7, 11) is 0. The standard InChI is InChI=1S/C13H23NO3/c1-10(9-13(16)17)14-12(15)8-4-7-11-5-2-3-6-11/h10-11H,2-9H2,1H3,(H,14,15)(H,16,17). The zero-order chi connectivity index (χ0) is 12.7. The Hall–Kier alpha value is -1.06. The molecule has 0 heterocycles.